The molecule has 29 heavy (non-hydrogen) atoms. The van der Waals surface area contributed by atoms with Gasteiger partial charge in [-0.05, 0) is 38.6 Å². The molecule has 2 amide bonds. The summed E-state index contributed by atoms with van der Waals surface area (Å²) in [5.74, 6) is -0.382. The maximum atomic E-state index is 13.8. The van der Waals surface area contributed by atoms with Crippen molar-refractivity contribution >= 4 is 11.8 Å². The summed E-state index contributed by atoms with van der Waals surface area (Å²) in [7, 11) is 3.55. The van der Waals surface area contributed by atoms with Crippen molar-refractivity contribution in [1.29, 1.82) is 0 Å². The summed E-state index contributed by atoms with van der Waals surface area (Å²) >= 11 is 0. The van der Waals surface area contributed by atoms with Gasteiger partial charge in [-0.3, -0.25) is 9.59 Å². The molecule has 8 heteroatoms. The van der Waals surface area contributed by atoms with E-state index in [4.69, 9.17) is 0 Å². The van der Waals surface area contributed by atoms with Gasteiger partial charge in [0.2, 0.25) is 5.91 Å². The zero-order valence-electron chi connectivity index (χ0n) is 17.2. The first-order valence-electron chi connectivity index (χ1n) is 10.0. The molecule has 158 valence electrons. The number of rotatable bonds is 6. The SMILES string of the molecule is CCC[C@H](NC(=O)c1nc(-c2cccc(F)c2)n2c1CN(C)CCC2)C(=O)NC.[HH]. The number of amides is 2. The van der Waals surface area contributed by atoms with Crippen molar-refractivity contribution in [2.75, 3.05) is 20.6 Å². The van der Waals surface area contributed by atoms with E-state index in [2.05, 4.69) is 20.5 Å². The van der Waals surface area contributed by atoms with E-state index in [9.17, 15) is 14.0 Å². The van der Waals surface area contributed by atoms with E-state index in [1.54, 1.807) is 19.2 Å². The second-order valence-electron chi connectivity index (χ2n) is 7.41. The van der Waals surface area contributed by atoms with E-state index in [-0.39, 0.29) is 19.1 Å². The van der Waals surface area contributed by atoms with Crippen LogP contribution in [0.25, 0.3) is 11.4 Å². The maximum absolute atomic E-state index is 13.8. The Morgan fingerprint density at radius 3 is 2.83 bits per heavy atom. The highest BCUT2D eigenvalue weighted by molar-refractivity contribution is 5.97. The van der Waals surface area contributed by atoms with Crippen LogP contribution >= 0.6 is 0 Å². The molecule has 2 N–H and O–H groups in total. The highest BCUT2D eigenvalue weighted by Crippen LogP contribution is 2.26. The Bertz CT molecular complexity index is 902. The number of hydrogen-bond donors (Lipinski definition) is 2. The molecule has 0 bridgehead atoms. The second-order valence-corrected chi connectivity index (χ2v) is 7.41. The Kier molecular flexibility index (Phi) is 6.64. The van der Waals surface area contributed by atoms with E-state index in [0.29, 0.717) is 36.6 Å². The minimum absolute atomic E-state index is 0. The minimum Gasteiger partial charge on any atom is -0.357 e. The molecule has 1 aromatic heterocycles. The molecule has 0 saturated carbocycles. The third-order valence-electron chi connectivity index (χ3n) is 5.16. The largest absolute Gasteiger partial charge is 0.357 e. The van der Waals surface area contributed by atoms with Crippen LogP contribution in [0, 0.1) is 5.82 Å². The number of carbonyl (C=O) groups excluding carboxylic acids is 2. The number of imidazole rings is 1. The fourth-order valence-corrected chi connectivity index (χ4v) is 3.71. The van der Waals surface area contributed by atoms with Crippen molar-refractivity contribution in [2.45, 2.75) is 45.3 Å². The van der Waals surface area contributed by atoms with E-state index >= 15 is 0 Å². The number of benzene rings is 1. The molecule has 2 heterocycles. The number of likely N-dealkylation sites (N-methyl/N-ethyl adjacent to an activating group) is 1. The van der Waals surface area contributed by atoms with Crippen molar-refractivity contribution < 1.29 is 15.4 Å². The van der Waals surface area contributed by atoms with Crippen LogP contribution in [-0.4, -0.2) is 52.9 Å². The van der Waals surface area contributed by atoms with Gasteiger partial charge in [0, 0.05) is 27.1 Å². The maximum Gasteiger partial charge on any atom is 0.272 e. The fraction of sp³-hybridized carbons (Fsp3) is 0.476. The summed E-state index contributed by atoms with van der Waals surface area (Å²) in [4.78, 5) is 32.0. The molecular weight excluding hydrogens is 373 g/mol. The number of aromatic nitrogens is 2. The lowest BCUT2D eigenvalue weighted by molar-refractivity contribution is -0.122. The van der Waals surface area contributed by atoms with E-state index < -0.39 is 6.04 Å². The van der Waals surface area contributed by atoms with Crippen LogP contribution in [0.2, 0.25) is 0 Å². The highest BCUT2D eigenvalue weighted by atomic mass is 19.1. The highest BCUT2D eigenvalue weighted by Gasteiger charge is 2.28. The molecule has 0 aliphatic carbocycles. The minimum atomic E-state index is -0.615. The first kappa shape index (κ1) is 21.0. The van der Waals surface area contributed by atoms with Crippen LogP contribution in [0.5, 0.6) is 0 Å². The van der Waals surface area contributed by atoms with Crippen LogP contribution in [0.1, 0.15) is 43.8 Å². The smallest absolute Gasteiger partial charge is 0.272 e. The van der Waals surface area contributed by atoms with Gasteiger partial charge < -0.3 is 20.1 Å². The van der Waals surface area contributed by atoms with Crippen LogP contribution in [-0.2, 0) is 17.9 Å². The Balaban J connectivity index is 0.00000320. The van der Waals surface area contributed by atoms with Gasteiger partial charge in [0.25, 0.3) is 5.91 Å². The van der Waals surface area contributed by atoms with Crippen molar-refractivity contribution in [3.05, 3.63) is 41.5 Å². The van der Waals surface area contributed by atoms with Gasteiger partial charge in [-0.25, -0.2) is 9.37 Å². The molecule has 1 aliphatic rings. The van der Waals surface area contributed by atoms with Gasteiger partial charge in [-0.1, -0.05) is 25.5 Å². The number of halogens is 1. The molecule has 2 aromatic rings. The molecule has 0 fully saturated rings. The lowest BCUT2D eigenvalue weighted by atomic mass is 10.1. The van der Waals surface area contributed by atoms with E-state index in [0.717, 1.165) is 25.1 Å². The lowest BCUT2D eigenvalue weighted by Gasteiger charge is -2.17. The normalized spacial score (nSPS) is 15.3. The van der Waals surface area contributed by atoms with Gasteiger partial charge in [0.05, 0.1) is 5.69 Å². The number of nitrogens with one attached hydrogen (secondary N) is 2. The Morgan fingerprint density at radius 1 is 1.34 bits per heavy atom. The third-order valence-corrected chi connectivity index (χ3v) is 5.16. The Morgan fingerprint density at radius 2 is 2.14 bits per heavy atom. The van der Waals surface area contributed by atoms with Gasteiger partial charge in [-0.15, -0.1) is 0 Å². The average molecular weight is 404 g/mol. The summed E-state index contributed by atoms with van der Waals surface area (Å²) in [5, 5.41) is 5.42. The van der Waals surface area contributed by atoms with Crippen molar-refractivity contribution in [3.63, 3.8) is 0 Å². The lowest BCUT2D eigenvalue weighted by Crippen LogP contribution is -2.46. The Labute approximate surface area is 171 Å². The summed E-state index contributed by atoms with van der Waals surface area (Å²) in [6.45, 7) is 4.10. The predicted molar refractivity (Wildman–Crippen MR) is 111 cm³/mol. The quantitative estimate of drug-likeness (QED) is 0.776. The van der Waals surface area contributed by atoms with Crippen LogP contribution < -0.4 is 10.6 Å². The molecule has 7 nitrogen and oxygen atoms in total. The van der Waals surface area contributed by atoms with Crippen molar-refractivity contribution in [1.82, 2.24) is 25.1 Å². The third kappa shape index (κ3) is 4.64. The molecule has 0 saturated heterocycles. The summed E-state index contributed by atoms with van der Waals surface area (Å²) in [6, 6.07) is 5.62. The van der Waals surface area contributed by atoms with Crippen LogP contribution in [0.15, 0.2) is 24.3 Å². The van der Waals surface area contributed by atoms with Crippen molar-refractivity contribution in [3.8, 4) is 11.4 Å². The molecule has 3 rings (SSSR count). The zero-order valence-corrected chi connectivity index (χ0v) is 17.2. The summed E-state index contributed by atoms with van der Waals surface area (Å²) in [6.07, 6.45) is 2.20. The van der Waals surface area contributed by atoms with E-state index in [1.165, 1.54) is 12.1 Å². The van der Waals surface area contributed by atoms with Crippen LogP contribution in [0.3, 0.4) is 0 Å². The molecule has 0 radical (unpaired) electrons. The first-order valence-corrected chi connectivity index (χ1v) is 10.0. The standard InChI is InChI=1S/C21H28FN5O2.H2/c1-4-7-16(20(28)23-2)24-21(29)18-17-13-26(3)10-6-11-27(17)19(25-18)14-8-5-9-15(22)12-14;/h5,8-9,12,16H,4,6-7,10-11,13H2,1-3H3,(H,23,28)(H,24,29);1H/t16-;/m0./s1. The topological polar surface area (TPSA) is 79.3 Å². The molecular formula is C21H30FN5O2. The predicted octanol–water partition coefficient (Wildman–Crippen LogP) is 2.42. The molecule has 0 spiro atoms. The van der Waals surface area contributed by atoms with Gasteiger partial charge in [0.15, 0.2) is 5.69 Å². The van der Waals surface area contributed by atoms with Crippen LogP contribution in [0.4, 0.5) is 4.39 Å². The van der Waals surface area contributed by atoms with Gasteiger partial charge in [0.1, 0.15) is 17.7 Å². The Hall–Kier alpha value is -2.74. The first-order chi connectivity index (χ1) is 13.9. The molecule has 1 aromatic carbocycles. The number of fused-ring (bicyclic) bond motifs is 1. The number of nitrogens with zero attached hydrogens (tertiary/aromatic N) is 3. The number of hydrogen-bond acceptors (Lipinski definition) is 4. The average Bonchev–Trinajstić information content (AvgIpc) is 2.94. The van der Waals surface area contributed by atoms with E-state index in [1.807, 2.05) is 18.5 Å². The summed E-state index contributed by atoms with van der Waals surface area (Å²) < 4.78 is 15.8. The zero-order chi connectivity index (χ0) is 21.0. The van der Waals surface area contributed by atoms with Crippen molar-refractivity contribution in [2.24, 2.45) is 0 Å². The van der Waals surface area contributed by atoms with Gasteiger partial charge >= 0.3 is 0 Å². The van der Waals surface area contributed by atoms with Gasteiger partial charge in [-0.2, -0.15) is 0 Å². The molecule has 1 atom stereocenters. The molecule has 1 aliphatic heterocycles. The molecule has 0 unspecified atom stereocenters. The second kappa shape index (κ2) is 9.17. The monoisotopic (exact) mass is 403 g/mol. The number of carbonyl (C=O) groups is 2. The summed E-state index contributed by atoms with van der Waals surface area (Å²) in [5.41, 5.74) is 1.71. The fourth-order valence-electron chi connectivity index (χ4n) is 3.71.